The highest BCUT2D eigenvalue weighted by Gasteiger charge is 2.69. The molecule has 2 N–H and O–H groups in total. The molecule has 5 nitrogen and oxygen atoms in total. The van der Waals surface area contributed by atoms with Gasteiger partial charge < -0.3 is 15.2 Å². The molecule has 0 spiro atoms. The number of allylic oxidation sites excluding steroid dienone is 2. The van der Waals surface area contributed by atoms with Crippen molar-refractivity contribution in [1.82, 2.24) is 10.2 Å². The first-order valence-corrected chi connectivity index (χ1v) is 17.2. The summed E-state index contributed by atoms with van der Waals surface area (Å²) in [6, 6.07) is 0. The van der Waals surface area contributed by atoms with E-state index in [0.717, 1.165) is 90.8 Å². The summed E-state index contributed by atoms with van der Waals surface area (Å²) in [5.41, 5.74) is 2.28. The third-order valence-corrected chi connectivity index (χ3v) is 14.9. The maximum absolute atomic E-state index is 14.3. The first-order valence-electron chi connectivity index (χ1n) is 17.2. The Morgan fingerprint density at radius 3 is 2.39 bits per heavy atom. The summed E-state index contributed by atoms with van der Waals surface area (Å²) in [6.45, 7) is 22.6. The van der Waals surface area contributed by atoms with Crippen molar-refractivity contribution in [2.75, 3.05) is 39.4 Å². The number of amides is 1. The van der Waals surface area contributed by atoms with Crippen molar-refractivity contribution in [2.45, 2.75) is 119 Å². The second-order valence-electron chi connectivity index (χ2n) is 17.5. The Labute approximate surface area is 250 Å². The zero-order valence-corrected chi connectivity index (χ0v) is 27.4. The van der Waals surface area contributed by atoms with Crippen LogP contribution in [0.1, 0.15) is 113 Å². The molecule has 1 aliphatic heterocycles. The molecule has 8 atom stereocenters. The van der Waals surface area contributed by atoms with Crippen LogP contribution in [0.4, 0.5) is 0 Å². The Kier molecular flexibility index (Phi) is 7.39. The lowest BCUT2D eigenvalue weighted by molar-refractivity contribution is -0.203. The number of aliphatic hydroxyl groups is 1. The van der Waals surface area contributed by atoms with E-state index in [4.69, 9.17) is 4.74 Å². The van der Waals surface area contributed by atoms with Crippen LogP contribution >= 0.6 is 0 Å². The highest BCUT2D eigenvalue weighted by Crippen LogP contribution is 2.75. The van der Waals surface area contributed by atoms with Crippen LogP contribution in [0, 0.1) is 50.2 Å². The third-order valence-electron chi connectivity index (χ3n) is 14.9. The molecule has 0 bridgehead atoms. The Balaban J connectivity index is 1.30. The molecule has 0 aromatic carbocycles. The van der Waals surface area contributed by atoms with E-state index in [9.17, 15) is 9.90 Å². The van der Waals surface area contributed by atoms with Gasteiger partial charge in [-0.2, -0.15) is 0 Å². The van der Waals surface area contributed by atoms with Gasteiger partial charge in [-0.1, -0.05) is 60.1 Å². The Morgan fingerprint density at radius 1 is 0.951 bits per heavy atom. The van der Waals surface area contributed by atoms with Crippen molar-refractivity contribution in [3.05, 3.63) is 11.6 Å². The molecule has 1 saturated heterocycles. The van der Waals surface area contributed by atoms with Gasteiger partial charge in [0.1, 0.15) is 0 Å². The molecule has 4 saturated carbocycles. The number of hydrogen-bond acceptors (Lipinski definition) is 4. The molecule has 232 valence electrons. The van der Waals surface area contributed by atoms with Gasteiger partial charge >= 0.3 is 0 Å². The van der Waals surface area contributed by atoms with E-state index in [0.29, 0.717) is 23.7 Å². The quantitative estimate of drug-likeness (QED) is 0.375. The van der Waals surface area contributed by atoms with E-state index in [1.54, 1.807) is 5.57 Å². The molecule has 0 aromatic rings. The number of nitrogens with zero attached hydrogens (tertiary/aromatic N) is 1. The fourth-order valence-electron chi connectivity index (χ4n) is 12.0. The lowest BCUT2D eigenvalue weighted by Crippen LogP contribution is -2.65. The average molecular weight is 569 g/mol. The maximum Gasteiger partial charge on any atom is 0.226 e. The van der Waals surface area contributed by atoms with Crippen LogP contribution in [0.2, 0.25) is 0 Å². The van der Waals surface area contributed by atoms with E-state index >= 15 is 0 Å². The third kappa shape index (κ3) is 4.44. The smallest absolute Gasteiger partial charge is 0.226 e. The van der Waals surface area contributed by atoms with Crippen molar-refractivity contribution >= 4 is 5.91 Å². The summed E-state index contributed by atoms with van der Waals surface area (Å²) < 4.78 is 5.52. The van der Waals surface area contributed by atoms with E-state index in [1.165, 1.54) is 12.8 Å². The average Bonchev–Trinajstić information content (AvgIpc) is 2.91. The van der Waals surface area contributed by atoms with Gasteiger partial charge in [0.15, 0.2) is 0 Å². The highest BCUT2D eigenvalue weighted by molar-refractivity contribution is 5.84. The van der Waals surface area contributed by atoms with Crippen molar-refractivity contribution in [2.24, 2.45) is 50.2 Å². The second kappa shape index (κ2) is 10.1. The Morgan fingerprint density at radius 2 is 1.66 bits per heavy atom. The fraction of sp³-hybridized carbons (Fsp3) is 0.917. The monoisotopic (exact) mass is 568 g/mol. The molecule has 1 heterocycles. The van der Waals surface area contributed by atoms with Crippen LogP contribution in [0.25, 0.3) is 0 Å². The van der Waals surface area contributed by atoms with E-state index in [1.807, 2.05) is 0 Å². The zero-order chi connectivity index (χ0) is 29.5. The molecule has 5 fully saturated rings. The molecule has 6 aliphatic rings. The largest absolute Gasteiger partial charge is 0.393 e. The van der Waals surface area contributed by atoms with Gasteiger partial charge in [0, 0.05) is 26.2 Å². The minimum Gasteiger partial charge on any atom is -0.393 e. The van der Waals surface area contributed by atoms with Gasteiger partial charge in [-0.15, -0.1) is 0 Å². The van der Waals surface area contributed by atoms with Crippen LogP contribution in [0.15, 0.2) is 11.6 Å². The molecule has 0 unspecified atom stereocenters. The summed E-state index contributed by atoms with van der Waals surface area (Å²) in [5, 5.41) is 14.5. The van der Waals surface area contributed by atoms with Gasteiger partial charge in [-0.25, -0.2) is 0 Å². The number of carbonyl (C=O) groups is 1. The van der Waals surface area contributed by atoms with Crippen LogP contribution in [-0.2, 0) is 9.53 Å². The van der Waals surface area contributed by atoms with Gasteiger partial charge in [0.2, 0.25) is 5.91 Å². The summed E-state index contributed by atoms with van der Waals surface area (Å²) in [7, 11) is 0. The van der Waals surface area contributed by atoms with Crippen LogP contribution in [0.5, 0.6) is 0 Å². The lowest BCUT2D eigenvalue weighted by Gasteiger charge is -2.71. The molecule has 5 heteroatoms. The van der Waals surface area contributed by atoms with Crippen LogP contribution in [0.3, 0.4) is 0 Å². The summed E-state index contributed by atoms with van der Waals surface area (Å²) >= 11 is 0. The Hall–Kier alpha value is -0.910. The number of rotatable bonds is 4. The van der Waals surface area contributed by atoms with E-state index < -0.39 is 0 Å². The summed E-state index contributed by atoms with van der Waals surface area (Å²) in [5.74, 6) is 1.89. The second-order valence-corrected chi connectivity index (χ2v) is 17.5. The molecule has 1 amide bonds. The van der Waals surface area contributed by atoms with E-state index in [2.05, 4.69) is 64.8 Å². The predicted molar refractivity (Wildman–Crippen MR) is 165 cm³/mol. The minimum absolute atomic E-state index is 0.0202. The maximum atomic E-state index is 14.3. The van der Waals surface area contributed by atoms with Crippen molar-refractivity contribution in [1.29, 1.82) is 0 Å². The standard InChI is InChI=1S/C36H60N2O3/c1-31(2)14-16-36(30(40)37-18-19-38-20-22-41-23-21-38)17-15-34(6)25(26(36)24-31)8-9-28-33(5)12-11-29(39)32(3,4)27(33)10-13-35(28,34)7/h8,26-29,39H,9-24H2,1-7H3,(H,37,40)/t26-,27-,28+,29-,33-,34+,35+,36-/m0/s1. The number of aliphatic hydroxyl groups excluding tert-OH is 1. The predicted octanol–water partition coefficient (Wildman–Crippen LogP) is 6.60. The summed E-state index contributed by atoms with van der Waals surface area (Å²) in [4.78, 5) is 16.7. The van der Waals surface area contributed by atoms with Gasteiger partial charge in [-0.3, -0.25) is 9.69 Å². The normalized spacial score (nSPS) is 47.2. The highest BCUT2D eigenvalue weighted by atomic mass is 16.5. The molecule has 41 heavy (non-hydrogen) atoms. The molecular formula is C36H60N2O3. The van der Waals surface area contributed by atoms with Crippen molar-refractivity contribution in [3.8, 4) is 0 Å². The number of nitrogens with one attached hydrogen (secondary N) is 1. The number of hydrogen-bond donors (Lipinski definition) is 2. The number of ether oxygens (including phenoxy) is 1. The molecule has 0 aromatic heterocycles. The van der Waals surface area contributed by atoms with Crippen molar-refractivity contribution < 1.29 is 14.6 Å². The number of morpholine rings is 1. The minimum atomic E-state index is -0.257. The first kappa shape index (κ1) is 30.1. The molecule has 5 aliphatic carbocycles. The zero-order valence-electron chi connectivity index (χ0n) is 27.4. The van der Waals surface area contributed by atoms with Crippen LogP contribution < -0.4 is 5.32 Å². The van der Waals surface area contributed by atoms with Gasteiger partial charge in [0.05, 0.1) is 24.7 Å². The van der Waals surface area contributed by atoms with Crippen molar-refractivity contribution in [3.63, 3.8) is 0 Å². The van der Waals surface area contributed by atoms with Crippen LogP contribution in [-0.4, -0.2) is 61.4 Å². The number of fused-ring (bicyclic) bond motifs is 7. The summed E-state index contributed by atoms with van der Waals surface area (Å²) in [6.07, 6.45) is 13.6. The SMILES string of the molecule is CC1(C)CC[C@]2(C(=O)NCCN3CCOCC3)CC[C@]3(C)C(=CC[C@@H]4[C@@]5(C)CC[C@H](O)C(C)(C)[C@@H]5CC[C@]43C)[C@@H]2C1. The van der Waals surface area contributed by atoms with E-state index in [-0.39, 0.29) is 38.6 Å². The Bertz CT molecular complexity index is 1060. The topological polar surface area (TPSA) is 61.8 Å². The molecule has 0 radical (unpaired) electrons. The van der Waals surface area contributed by atoms with Gasteiger partial charge in [0.25, 0.3) is 0 Å². The van der Waals surface area contributed by atoms with Gasteiger partial charge in [-0.05, 0) is 109 Å². The molecule has 6 rings (SSSR count). The first-order chi connectivity index (χ1) is 19.2. The molecular weight excluding hydrogens is 508 g/mol. The fourth-order valence-corrected chi connectivity index (χ4v) is 12.0. The lowest BCUT2D eigenvalue weighted by atomic mass is 9.33. The number of carbonyl (C=O) groups excluding carboxylic acids is 1.